The number of fused-ring (bicyclic) bond motifs is 1. The van der Waals surface area contributed by atoms with Crippen LogP contribution in [0.3, 0.4) is 0 Å². The molecule has 1 aliphatic heterocycles. The van der Waals surface area contributed by atoms with E-state index in [0.29, 0.717) is 31.9 Å². The van der Waals surface area contributed by atoms with E-state index in [-0.39, 0.29) is 11.6 Å². The zero-order valence-corrected chi connectivity index (χ0v) is 8.75. The predicted octanol–water partition coefficient (Wildman–Crippen LogP) is -0.268. The third kappa shape index (κ3) is 2.24. The maximum Gasteiger partial charge on any atom is 0.254 e. The number of nitrogens with two attached hydrogens (primary N) is 1. The third-order valence-corrected chi connectivity index (χ3v) is 2.40. The summed E-state index contributed by atoms with van der Waals surface area (Å²) in [6.45, 7) is 2.92. The van der Waals surface area contributed by atoms with Crippen molar-refractivity contribution in [1.29, 1.82) is 0 Å². The number of hydrogen-bond acceptors (Lipinski definition) is 4. The lowest BCUT2D eigenvalue weighted by atomic mass is 10.1. The first kappa shape index (κ1) is 10.3. The van der Waals surface area contributed by atoms with Crippen LogP contribution in [0.5, 0.6) is 0 Å². The van der Waals surface area contributed by atoms with E-state index in [1.54, 1.807) is 0 Å². The van der Waals surface area contributed by atoms with Gasteiger partial charge in [-0.05, 0) is 6.92 Å². The summed E-state index contributed by atoms with van der Waals surface area (Å²) < 4.78 is 5.26. The Labute approximate surface area is 87.7 Å². The average Bonchev–Trinajstić information content (AvgIpc) is 2.16. The molecule has 1 atom stereocenters. The smallest absolute Gasteiger partial charge is 0.254 e. The van der Waals surface area contributed by atoms with E-state index in [2.05, 4.69) is 9.97 Å². The molecule has 1 aromatic rings. The van der Waals surface area contributed by atoms with E-state index < -0.39 is 0 Å². The molecule has 2 rings (SSSR count). The Balaban J connectivity index is 2.36. The molecular formula is C10H15N3O2. The maximum absolute atomic E-state index is 11.7. The minimum Gasteiger partial charge on any atom is -0.375 e. The van der Waals surface area contributed by atoms with Crippen LogP contribution in [0.15, 0.2) is 4.79 Å². The summed E-state index contributed by atoms with van der Waals surface area (Å²) in [7, 11) is 0. The van der Waals surface area contributed by atoms with Gasteiger partial charge in [-0.25, -0.2) is 4.98 Å². The number of hydrogen-bond donors (Lipinski definition) is 2. The topological polar surface area (TPSA) is 81.0 Å². The zero-order valence-electron chi connectivity index (χ0n) is 8.75. The van der Waals surface area contributed by atoms with Crippen LogP contribution in [-0.4, -0.2) is 22.6 Å². The number of nitrogens with zero attached hydrogens (tertiary/aromatic N) is 1. The molecule has 1 unspecified atom stereocenters. The second-order valence-corrected chi connectivity index (χ2v) is 3.92. The second-order valence-electron chi connectivity index (χ2n) is 3.92. The molecule has 0 amide bonds. The number of aromatic amines is 1. The van der Waals surface area contributed by atoms with Crippen LogP contribution >= 0.6 is 0 Å². The molecule has 0 aliphatic carbocycles. The molecular weight excluding hydrogens is 194 g/mol. The van der Waals surface area contributed by atoms with E-state index in [9.17, 15) is 4.79 Å². The maximum atomic E-state index is 11.7. The molecule has 0 bridgehead atoms. The molecule has 0 aromatic carbocycles. The van der Waals surface area contributed by atoms with E-state index in [4.69, 9.17) is 10.5 Å². The molecule has 2 heterocycles. The molecule has 5 nitrogen and oxygen atoms in total. The molecule has 1 aromatic heterocycles. The predicted molar refractivity (Wildman–Crippen MR) is 55.6 cm³/mol. The van der Waals surface area contributed by atoms with Gasteiger partial charge in [-0.1, -0.05) is 0 Å². The molecule has 1 aliphatic rings. The van der Waals surface area contributed by atoms with Crippen molar-refractivity contribution in [3.05, 3.63) is 27.4 Å². The molecule has 0 spiro atoms. The highest BCUT2D eigenvalue weighted by molar-refractivity contribution is 5.19. The summed E-state index contributed by atoms with van der Waals surface area (Å²) in [4.78, 5) is 18.8. The fourth-order valence-corrected chi connectivity index (χ4v) is 1.72. The van der Waals surface area contributed by atoms with E-state index >= 15 is 0 Å². The highest BCUT2D eigenvalue weighted by Gasteiger charge is 2.15. The SMILES string of the molecule is CC(N)Cc1nc2c(c(=O)[nH]1)CCOC2. The number of ether oxygens (including phenoxy) is 1. The van der Waals surface area contributed by atoms with Gasteiger partial charge < -0.3 is 15.5 Å². The second kappa shape index (κ2) is 4.12. The van der Waals surface area contributed by atoms with Crippen LogP contribution in [0.1, 0.15) is 24.0 Å². The van der Waals surface area contributed by atoms with Crippen LogP contribution < -0.4 is 11.3 Å². The van der Waals surface area contributed by atoms with E-state index in [0.717, 1.165) is 11.3 Å². The van der Waals surface area contributed by atoms with Gasteiger partial charge in [-0.3, -0.25) is 4.79 Å². The van der Waals surface area contributed by atoms with Crippen molar-refractivity contribution in [2.75, 3.05) is 6.61 Å². The first-order valence-corrected chi connectivity index (χ1v) is 5.11. The fourth-order valence-electron chi connectivity index (χ4n) is 1.72. The Morgan fingerprint density at radius 2 is 2.47 bits per heavy atom. The Hall–Kier alpha value is -1.20. The summed E-state index contributed by atoms with van der Waals surface area (Å²) in [5.74, 6) is 0.652. The van der Waals surface area contributed by atoms with Crippen molar-refractivity contribution in [2.45, 2.75) is 32.4 Å². The molecule has 0 saturated carbocycles. The summed E-state index contributed by atoms with van der Waals surface area (Å²) in [5, 5.41) is 0. The first-order chi connectivity index (χ1) is 7.16. The van der Waals surface area contributed by atoms with Crippen molar-refractivity contribution in [3.8, 4) is 0 Å². The Bertz CT molecular complexity index is 412. The van der Waals surface area contributed by atoms with Gasteiger partial charge in [0.05, 0.1) is 18.9 Å². The highest BCUT2D eigenvalue weighted by Crippen LogP contribution is 2.10. The Morgan fingerprint density at radius 3 is 3.20 bits per heavy atom. The Morgan fingerprint density at radius 1 is 1.67 bits per heavy atom. The lowest BCUT2D eigenvalue weighted by Crippen LogP contribution is -2.28. The minimum absolute atomic E-state index is 0.00397. The normalized spacial score (nSPS) is 17.2. The average molecular weight is 209 g/mol. The van der Waals surface area contributed by atoms with E-state index in [1.807, 2.05) is 6.92 Å². The lowest BCUT2D eigenvalue weighted by molar-refractivity contribution is 0.106. The number of H-pyrrole nitrogens is 1. The van der Waals surface area contributed by atoms with Crippen LogP contribution in [0.25, 0.3) is 0 Å². The minimum atomic E-state index is -0.0426. The number of rotatable bonds is 2. The molecule has 0 fully saturated rings. The van der Waals surface area contributed by atoms with Crippen LogP contribution in [0.2, 0.25) is 0 Å². The molecule has 82 valence electrons. The lowest BCUT2D eigenvalue weighted by Gasteiger charge is -2.15. The van der Waals surface area contributed by atoms with Gasteiger partial charge in [0.15, 0.2) is 0 Å². The molecule has 0 radical (unpaired) electrons. The third-order valence-electron chi connectivity index (χ3n) is 2.40. The van der Waals surface area contributed by atoms with Crippen molar-refractivity contribution >= 4 is 0 Å². The van der Waals surface area contributed by atoms with Crippen molar-refractivity contribution in [1.82, 2.24) is 9.97 Å². The molecule has 0 saturated heterocycles. The van der Waals surface area contributed by atoms with Crippen molar-refractivity contribution in [2.24, 2.45) is 5.73 Å². The van der Waals surface area contributed by atoms with E-state index in [1.165, 1.54) is 0 Å². The standard InChI is InChI=1S/C10H15N3O2/c1-6(11)4-9-12-8-5-15-3-2-7(8)10(14)13-9/h6H,2-5,11H2,1H3,(H,12,13,14). The van der Waals surface area contributed by atoms with Gasteiger partial charge >= 0.3 is 0 Å². The first-order valence-electron chi connectivity index (χ1n) is 5.11. The largest absolute Gasteiger partial charge is 0.375 e. The van der Waals surface area contributed by atoms with Gasteiger partial charge in [-0.15, -0.1) is 0 Å². The molecule has 5 heteroatoms. The van der Waals surface area contributed by atoms with Gasteiger partial charge in [0, 0.05) is 24.4 Å². The van der Waals surface area contributed by atoms with Gasteiger partial charge in [0.1, 0.15) is 5.82 Å². The van der Waals surface area contributed by atoms with Gasteiger partial charge in [-0.2, -0.15) is 0 Å². The summed E-state index contributed by atoms with van der Waals surface area (Å²) >= 11 is 0. The van der Waals surface area contributed by atoms with Crippen LogP contribution in [0, 0.1) is 0 Å². The molecule has 3 N–H and O–H groups in total. The summed E-state index contributed by atoms with van der Waals surface area (Å²) in [6, 6.07) is -0.00397. The summed E-state index contributed by atoms with van der Waals surface area (Å²) in [6.07, 6.45) is 1.23. The molecule has 15 heavy (non-hydrogen) atoms. The quantitative estimate of drug-likeness (QED) is 0.702. The number of aromatic nitrogens is 2. The zero-order chi connectivity index (χ0) is 10.8. The van der Waals surface area contributed by atoms with Gasteiger partial charge in [0.2, 0.25) is 0 Å². The monoisotopic (exact) mass is 209 g/mol. The highest BCUT2D eigenvalue weighted by atomic mass is 16.5. The van der Waals surface area contributed by atoms with Gasteiger partial charge in [0.25, 0.3) is 5.56 Å². The summed E-state index contributed by atoms with van der Waals surface area (Å²) in [5.41, 5.74) is 7.14. The van der Waals surface area contributed by atoms with Crippen molar-refractivity contribution < 1.29 is 4.74 Å². The van der Waals surface area contributed by atoms with Crippen LogP contribution in [0.4, 0.5) is 0 Å². The fraction of sp³-hybridized carbons (Fsp3) is 0.600. The Kier molecular flexibility index (Phi) is 2.83. The van der Waals surface area contributed by atoms with Crippen LogP contribution in [-0.2, 0) is 24.2 Å². The number of nitrogens with one attached hydrogen (secondary N) is 1. The van der Waals surface area contributed by atoms with Crippen molar-refractivity contribution in [3.63, 3.8) is 0 Å².